The third-order valence-electron chi connectivity index (χ3n) is 3.67. The Kier molecular flexibility index (Phi) is 117. The van der Waals surface area contributed by atoms with Gasteiger partial charge >= 0.3 is 0 Å². The van der Waals surface area contributed by atoms with Crippen molar-refractivity contribution in [1.82, 2.24) is 0 Å². The first kappa shape index (κ1) is 70.5. The van der Waals surface area contributed by atoms with Crippen LogP contribution in [0, 0.1) is 10.8 Å². The van der Waals surface area contributed by atoms with Crippen LogP contribution in [0.15, 0.2) is 0 Å². The van der Waals surface area contributed by atoms with Gasteiger partial charge in [-0.15, -0.1) is 0 Å². The van der Waals surface area contributed by atoms with Gasteiger partial charge in [0.25, 0.3) is 0 Å². The molecule has 4 nitrogen and oxygen atoms in total. The van der Waals surface area contributed by atoms with Crippen molar-refractivity contribution in [2.45, 2.75) is 191 Å². The van der Waals surface area contributed by atoms with Gasteiger partial charge in [0.15, 0.2) is 0 Å². The second-order valence-electron chi connectivity index (χ2n) is 8.25. The summed E-state index contributed by atoms with van der Waals surface area (Å²) in [5.41, 5.74) is -1.14. The fourth-order valence-electron chi connectivity index (χ4n) is 0. The predicted octanol–water partition coefficient (Wildman–Crippen LogP) is 10.8. The highest BCUT2D eigenvalue weighted by molar-refractivity contribution is 4.81. The topological polar surface area (TPSA) is 80.9 Å². The maximum Gasteiger partial charge on any atom is 0.0639 e. The number of aliphatic hydroxyl groups excluding tert-OH is 2. The van der Waals surface area contributed by atoms with Gasteiger partial charge in [-0.25, -0.2) is 0 Å². The highest BCUT2D eigenvalue weighted by Gasteiger charge is 2.30. The van der Waals surface area contributed by atoms with Gasteiger partial charge in [0.2, 0.25) is 0 Å². The van der Waals surface area contributed by atoms with E-state index >= 15 is 0 Å². The first-order valence-corrected chi connectivity index (χ1v) is 15.0. The first-order chi connectivity index (χ1) is 16.3. The zero-order valence-electron chi connectivity index (χ0n) is 31.2. The summed E-state index contributed by atoms with van der Waals surface area (Å²) in [5, 5.41) is 33.8. The molecule has 0 atom stereocenters. The van der Waals surface area contributed by atoms with E-state index in [2.05, 4.69) is 0 Å². The summed E-state index contributed by atoms with van der Waals surface area (Å²) < 4.78 is 0. The van der Waals surface area contributed by atoms with E-state index in [0.717, 1.165) is 0 Å². The molecule has 0 aliphatic rings. The van der Waals surface area contributed by atoms with Gasteiger partial charge in [0.1, 0.15) is 0 Å². The van der Waals surface area contributed by atoms with Crippen molar-refractivity contribution in [1.29, 1.82) is 0 Å². The summed E-state index contributed by atoms with van der Waals surface area (Å²) in [4.78, 5) is 0. The first-order valence-electron chi connectivity index (χ1n) is 15.0. The fraction of sp³-hybridized carbons (Fsp3) is 1.00. The van der Waals surface area contributed by atoms with Crippen molar-refractivity contribution in [2.75, 3.05) is 13.2 Å². The molecule has 0 rings (SSSR count). The second kappa shape index (κ2) is 59.8. The van der Waals surface area contributed by atoms with E-state index in [1.54, 1.807) is 13.8 Å². The number of rotatable bonds is 0. The van der Waals surface area contributed by atoms with Crippen molar-refractivity contribution in [2.24, 2.45) is 10.8 Å². The summed E-state index contributed by atoms with van der Waals surface area (Å²) >= 11 is 0. The van der Waals surface area contributed by atoms with Gasteiger partial charge < -0.3 is 20.4 Å². The quantitative estimate of drug-likeness (QED) is 0.249. The summed E-state index contributed by atoms with van der Waals surface area (Å²) in [6, 6.07) is 0. The van der Waals surface area contributed by atoms with Crippen molar-refractivity contribution in [3.63, 3.8) is 0 Å². The van der Waals surface area contributed by atoms with Crippen LogP contribution in [-0.2, 0) is 0 Å². The van der Waals surface area contributed by atoms with Crippen molar-refractivity contribution < 1.29 is 20.4 Å². The molecular weight excluding hydrogens is 448 g/mol. The lowest BCUT2D eigenvalue weighted by Crippen LogP contribution is -2.35. The Hall–Kier alpha value is -0.160. The average molecular weight is 535 g/mol. The third-order valence-corrected chi connectivity index (χ3v) is 3.67. The van der Waals surface area contributed by atoms with Crippen molar-refractivity contribution in [3.8, 4) is 0 Å². The molecule has 0 aliphatic heterocycles. The minimum Gasteiger partial charge on any atom is -0.397 e. The zero-order chi connectivity index (χ0) is 33.4. The molecule has 0 spiro atoms. The molecule has 0 heterocycles. The van der Waals surface area contributed by atoms with Crippen LogP contribution >= 0.6 is 0 Å². The predicted molar refractivity (Wildman–Crippen MR) is 176 cm³/mol. The lowest BCUT2D eigenvalue weighted by atomic mass is 9.79. The molecule has 0 saturated carbocycles. The van der Waals surface area contributed by atoms with E-state index in [0.29, 0.717) is 0 Å². The molecule has 0 fully saturated rings. The lowest BCUT2D eigenvalue weighted by Gasteiger charge is -2.33. The highest BCUT2D eigenvalue weighted by atomic mass is 16.3. The number of hydrogen-bond donors (Lipinski definition) is 4. The summed E-state index contributed by atoms with van der Waals surface area (Å²) in [5.74, 6) is 0. The van der Waals surface area contributed by atoms with Crippen molar-refractivity contribution in [3.05, 3.63) is 0 Å². The smallest absolute Gasteiger partial charge is 0.0639 e. The van der Waals surface area contributed by atoms with Crippen LogP contribution < -0.4 is 0 Å². The second-order valence-corrected chi connectivity index (χ2v) is 8.25. The van der Waals surface area contributed by atoms with Crippen LogP contribution in [0.1, 0.15) is 180 Å². The molecule has 0 aliphatic carbocycles. The van der Waals surface area contributed by atoms with Gasteiger partial charge in [-0.1, -0.05) is 138 Å². The monoisotopic (exact) mass is 535 g/mol. The molecule has 0 radical (unpaired) electrons. The molecule has 0 unspecified atom stereocenters. The lowest BCUT2D eigenvalue weighted by molar-refractivity contribution is -0.0240. The normalized spacial score (nSPS) is 8.50. The molecule has 0 amide bonds. The van der Waals surface area contributed by atoms with Crippen LogP contribution in [0.2, 0.25) is 0 Å². The fourth-order valence-corrected chi connectivity index (χ4v) is 0. The summed E-state index contributed by atoms with van der Waals surface area (Å²) in [6.45, 7) is 51.3. The van der Waals surface area contributed by atoms with Gasteiger partial charge in [-0.2, -0.15) is 0 Å². The Labute approximate surface area is 235 Å². The highest BCUT2D eigenvalue weighted by Crippen LogP contribution is 2.29. The van der Waals surface area contributed by atoms with E-state index < -0.39 is 11.2 Å². The Bertz CT molecular complexity index is 175. The van der Waals surface area contributed by atoms with Crippen LogP contribution in [0.4, 0.5) is 0 Å². The molecule has 0 aromatic carbocycles. The largest absolute Gasteiger partial charge is 0.397 e. The van der Waals surface area contributed by atoms with Crippen LogP contribution in [0.5, 0.6) is 0 Å². The van der Waals surface area contributed by atoms with E-state index in [4.69, 9.17) is 10.2 Å². The number of hydrogen-bond acceptors (Lipinski definition) is 4. The van der Waals surface area contributed by atoms with Gasteiger partial charge in [0.05, 0.1) is 11.2 Å². The van der Waals surface area contributed by atoms with E-state index in [9.17, 15) is 10.2 Å². The van der Waals surface area contributed by atoms with Gasteiger partial charge in [-0.05, 0) is 52.4 Å². The van der Waals surface area contributed by atoms with Gasteiger partial charge in [-0.3, -0.25) is 0 Å². The molecule has 0 saturated heterocycles. The van der Waals surface area contributed by atoms with Crippen LogP contribution in [0.3, 0.4) is 0 Å². The summed E-state index contributed by atoms with van der Waals surface area (Å²) in [6.07, 6.45) is 0. The molecule has 0 bridgehead atoms. The number of aliphatic hydroxyl groups is 4. The molecule has 4 N–H and O–H groups in total. The standard InChI is InChI=1S/2C7H16O.2C2H6O.7C2H6/c2*1-6(2,3)7(4,5)8;2*1-2-3;7*1-2/h2*8H,1-5H3;2*3H,2H2,1H3;7*1-2H3. The van der Waals surface area contributed by atoms with Crippen LogP contribution in [-0.4, -0.2) is 44.8 Å². The molecule has 0 aromatic rings. The maximum atomic E-state index is 9.35. The van der Waals surface area contributed by atoms with Crippen LogP contribution in [0.25, 0.3) is 0 Å². The minimum absolute atomic E-state index is 0.00694. The van der Waals surface area contributed by atoms with E-state index in [1.165, 1.54) is 0 Å². The Morgan fingerprint density at radius 2 is 0.361 bits per heavy atom. The van der Waals surface area contributed by atoms with Gasteiger partial charge in [0, 0.05) is 13.2 Å². The molecule has 36 heavy (non-hydrogen) atoms. The van der Waals surface area contributed by atoms with Crippen molar-refractivity contribution >= 4 is 0 Å². The average Bonchev–Trinajstić information content (AvgIpc) is 2.82. The molecule has 4 heteroatoms. The maximum absolute atomic E-state index is 9.35. The molecule has 238 valence electrons. The summed E-state index contributed by atoms with van der Waals surface area (Å²) in [7, 11) is 0. The van der Waals surface area contributed by atoms with E-state index in [1.807, 2.05) is 166 Å². The zero-order valence-corrected chi connectivity index (χ0v) is 31.2. The Morgan fingerprint density at radius 3 is 0.361 bits per heavy atom. The SMILES string of the molecule is CC.CC.CC.CC.CC.CC.CC.CC(C)(C)C(C)(C)O.CC(C)(C)C(C)(C)O.CCO.CCO. The third kappa shape index (κ3) is 115. The van der Waals surface area contributed by atoms with E-state index in [-0.39, 0.29) is 24.0 Å². The minimum atomic E-state index is -0.562. The Morgan fingerprint density at radius 1 is 0.333 bits per heavy atom. The molecular formula is C32H86O4. The Balaban J connectivity index is -0.0000000230. The molecule has 0 aromatic heterocycles.